The van der Waals surface area contributed by atoms with Crippen LogP contribution in [0, 0.1) is 5.92 Å². The van der Waals surface area contributed by atoms with E-state index >= 15 is 0 Å². The molecule has 14 heavy (non-hydrogen) atoms. The first-order valence-electron chi connectivity index (χ1n) is 3.99. The van der Waals surface area contributed by atoms with Gasteiger partial charge < -0.3 is 17.7 Å². The van der Waals surface area contributed by atoms with E-state index in [4.69, 9.17) is 0 Å². The van der Waals surface area contributed by atoms with E-state index in [1.807, 2.05) is 0 Å². The third kappa shape index (κ3) is 1.45. The standard InChI is InChI=1S/C6H7BF5O.K/c8-6(9)4-3-13-2-1-5(4,6)7(10,11)12;/h4H,1-3H2;/q-1;+1. The van der Waals surface area contributed by atoms with E-state index in [-0.39, 0.29) is 58.0 Å². The number of fused-ring (bicyclic) bond motifs is 1. The maximum absolute atomic E-state index is 12.9. The van der Waals surface area contributed by atoms with Crippen molar-refractivity contribution < 1.29 is 77.8 Å². The van der Waals surface area contributed by atoms with Gasteiger partial charge in [0.25, 0.3) is 0 Å². The summed E-state index contributed by atoms with van der Waals surface area (Å²) in [6.45, 7) is -6.15. The van der Waals surface area contributed by atoms with Gasteiger partial charge in [-0.3, -0.25) is 0 Å². The SMILES string of the molecule is F[B-](F)(F)C12CCOCC1C2(F)F.[K+]. The summed E-state index contributed by atoms with van der Waals surface area (Å²) in [6, 6.07) is 0. The molecule has 1 aliphatic heterocycles. The van der Waals surface area contributed by atoms with Crippen molar-refractivity contribution in [3.8, 4) is 0 Å². The van der Waals surface area contributed by atoms with Gasteiger partial charge in [-0.05, 0) is 6.42 Å². The second-order valence-electron chi connectivity index (χ2n) is 3.62. The molecule has 76 valence electrons. The summed E-state index contributed by atoms with van der Waals surface area (Å²) in [5.41, 5.74) is 0. The topological polar surface area (TPSA) is 9.23 Å². The van der Waals surface area contributed by atoms with Crippen LogP contribution in [0.25, 0.3) is 0 Å². The molecule has 0 bridgehead atoms. The van der Waals surface area contributed by atoms with Crippen molar-refractivity contribution in [3.05, 3.63) is 0 Å². The number of alkyl halides is 2. The zero-order valence-corrected chi connectivity index (χ0v) is 10.7. The predicted molar refractivity (Wildman–Crippen MR) is 35.6 cm³/mol. The zero-order valence-electron chi connectivity index (χ0n) is 7.57. The molecule has 2 unspecified atom stereocenters. The second kappa shape index (κ2) is 3.66. The van der Waals surface area contributed by atoms with Crippen LogP contribution < -0.4 is 51.4 Å². The molecule has 0 aromatic carbocycles. The van der Waals surface area contributed by atoms with Gasteiger partial charge in [0, 0.05) is 17.8 Å². The first-order chi connectivity index (χ1) is 5.84. The van der Waals surface area contributed by atoms with Gasteiger partial charge in [0.15, 0.2) is 0 Å². The van der Waals surface area contributed by atoms with Crippen molar-refractivity contribution in [2.75, 3.05) is 13.2 Å². The number of hydrogen-bond donors (Lipinski definition) is 0. The van der Waals surface area contributed by atoms with Gasteiger partial charge in [0.05, 0.1) is 6.61 Å². The Kier molecular flexibility index (Phi) is 3.50. The van der Waals surface area contributed by atoms with E-state index < -0.39 is 37.2 Å². The Labute approximate surface area is 120 Å². The molecule has 0 N–H and O–H groups in total. The minimum atomic E-state index is -5.47. The Bertz CT molecular complexity index is 245. The molecular weight excluding hydrogens is 233 g/mol. The summed E-state index contributed by atoms with van der Waals surface area (Å²) < 4.78 is 67.5. The Morgan fingerprint density at radius 2 is 1.79 bits per heavy atom. The van der Waals surface area contributed by atoms with E-state index in [0.29, 0.717) is 0 Å². The molecule has 1 saturated carbocycles. The average Bonchev–Trinajstić information content (AvgIpc) is 2.51. The van der Waals surface area contributed by atoms with E-state index in [1.165, 1.54) is 0 Å². The predicted octanol–water partition coefficient (Wildman–Crippen LogP) is -0.736. The van der Waals surface area contributed by atoms with E-state index in [2.05, 4.69) is 4.74 Å². The number of halogens is 5. The average molecular weight is 240 g/mol. The molecule has 2 aliphatic rings. The molecule has 1 saturated heterocycles. The Hall–Kier alpha value is 1.31. The minimum Gasteiger partial charge on any atom is -0.448 e. The largest absolute Gasteiger partial charge is 1.00 e. The van der Waals surface area contributed by atoms with Gasteiger partial charge in [-0.15, -0.1) is 0 Å². The monoisotopic (exact) mass is 240 g/mol. The van der Waals surface area contributed by atoms with Crippen LogP contribution in [0.1, 0.15) is 6.42 Å². The molecular formula is C6H7BF5KO. The van der Waals surface area contributed by atoms with Crippen molar-refractivity contribution in [1.82, 2.24) is 0 Å². The molecule has 0 amide bonds. The molecule has 0 aromatic heterocycles. The molecule has 1 aliphatic carbocycles. The fourth-order valence-electron chi connectivity index (χ4n) is 2.20. The molecule has 2 rings (SSSR count). The number of ether oxygens (including phenoxy) is 1. The quantitative estimate of drug-likeness (QED) is 0.433. The van der Waals surface area contributed by atoms with Crippen molar-refractivity contribution in [1.29, 1.82) is 0 Å². The zero-order chi connectivity index (χ0) is 9.91. The van der Waals surface area contributed by atoms with Gasteiger partial charge in [-0.1, -0.05) is 0 Å². The maximum atomic E-state index is 12.9. The van der Waals surface area contributed by atoms with Crippen LogP contribution >= 0.6 is 0 Å². The summed E-state index contributed by atoms with van der Waals surface area (Å²) in [4.78, 5) is 0. The van der Waals surface area contributed by atoms with Crippen LogP contribution in [0.2, 0.25) is 5.31 Å². The molecule has 8 heteroatoms. The van der Waals surface area contributed by atoms with Crippen LogP contribution in [0.15, 0.2) is 0 Å². The molecule has 2 atom stereocenters. The van der Waals surface area contributed by atoms with Crippen LogP contribution in [0.4, 0.5) is 21.7 Å². The van der Waals surface area contributed by atoms with Crippen LogP contribution in [0.3, 0.4) is 0 Å². The first kappa shape index (κ1) is 13.4. The van der Waals surface area contributed by atoms with Crippen LogP contribution in [-0.2, 0) is 4.74 Å². The van der Waals surface area contributed by atoms with Gasteiger partial charge in [0.1, 0.15) is 0 Å². The number of rotatable bonds is 1. The van der Waals surface area contributed by atoms with Gasteiger partial charge >= 0.3 is 58.4 Å². The van der Waals surface area contributed by atoms with Crippen LogP contribution in [-0.4, -0.2) is 26.1 Å². The molecule has 0 spiro atoms. The fourth-order valence-corrected chi connectivity index (χ4v) is 2.20. The first-order valence-corrected chi connectivity index (χ1v) is 3.99. The molecule has 1 heterocycles. The van der Waals surface area contributed by atoms with Crippen molar-refractivity contribution in [2.24, 2.45) is 5.92 Å². The summed E-state index contributed by atoms with van der Waals surface area (Å²) >= 11 is 0. The van der Waals surface area contributed by atoms with Gasteiger partial charge in [-0.25, -0.2) is 8.78 Å². The Balaban J connectivity index is 0.000000980. The summed E-state index contributed by atoms with van der Waals surface area (Å²) in [7, 11) is 0. The number of hydrogen-bond acceptors (Lipinski definition) is 1. The van der Waals surface area contributed by atoms with E-state index in [1.54, 1.807) is 0 Å². The third-order valence-electron chi connectivity index (χ3n) is 3.13. The minimum absolute atomic E-state index is 0. The van der Waals surface area contributed by atoms with Crippen LogP contribution in [0.5, 0.6) is 0 Å². The van der Waals surface area contributed by atoms with E-state index in [9.17, 15) is 21.7 Å². The summed E-state index contributed by atoms with van der Waals surface area (Å²) in [5, 5.41) is -2.72. The molecule has 2 fully saturated rings. The van der Waals surface area contributed by atoms with Gasteiger partial charge in [0.2, 0.25) is 5.92 Å². The summed E-state index contributed by atoms with van der Waals surface area (Å²) in [5.74, 6) is -5.23. The normalized spacial score (nSPS) is 39.6. The fraction of sp³-hybridized carbons (Fsp3) is 1.00. The molecule has 0 aromatic rings. The van der Waals surface area contributed by atoms with Crippen molar-refractivity contribution >= 4 is 6.98 Å². The smallest absolute Gasteiger partial charge is 0.448 e. The van der Waals surface area contributed by atoms with Crippen molar-refractivity contribution in [3.63, 3.8) is 0 Å². The van der Waals surface area contributed by atoms with E-state index in [0.717, 1.165) is 0 Å². The summed E-state index contributed by atoms with van der Waals surface area (Å²) in [6.07, 6.45) is -0.589. The molecule has 1 nitrogen and oxygen atoms in total. The van der Waals surface area contributed by atoms with Crippen molar-refractivity contribution in [2.45, 2.75) is 17.7 Å². The Morgan fingerprint density at radius 1 is 1.21 bits per heavy atom. The second-order valence-corrected chi connectivity index (χ2v) is 3.62. The Morgan fingerprint density at radius 3 is 2.14 bits per heavy atom. The van der Waals surface area contributed by atoms with Gasteiger partial charge in [-0.2, -0.15) is 0 Å². The maximum Gasteiger partial charge on any atom is 1.00 e. The third-order valence-corrected chi connectivity index (χ3v) is 3.13. The molecule has 0 radical (unpaired) electrons.